The normalized spacial score (nSPS) is 57.3. The predicted molar refractivity (Wildman–Crippen MR) is 56.4 cm³/mol. The Labute approximate surface area is 90.6 Å². The minimum atomic E-state index is -0.204. The Kier molecular flexibility index (Phi) is 1.68. The van der Waals surface area contributed by atoms with Crippen LogP contribution in [0.5, 0.6) is 0 Å². The maximum Gasteiger partial charge on any atom is 0.217 e. The van der Waals surface area contributed by atoms with E-state index in [1.165, 1.54) is 12.8 Å². The van der Waals surface area contributed by atoms with Gasteiger partial charge in [0.05, 0.1) is 0 Å². The van der Waals surface area contributed by atoms with Crippen LogP contribution >= 0.6 is 22.6 Å². The molecule has 3 nitrogen and oxygen atoms in total. The van der Waals surface area contributed by atoms with Gasteiger partial charge in [-0.1, -0.05) is 22.6 Å². The smallest absolute Gasteiger partial charge is 0.217 e. The van der Waals surface area contributed by atoms with Crippen LogP contribution in [0, 0.1) is 33.8 Å². The zero-order valence-corrected chi connectivity index (χ0v) is 9.38. The summed E-state index contributed by atoms with van der Waals surface area (Å²) in [5.74, 6) is 2.64. The summed E-state index contributed by atoms with van der Waals surface area (Å²) in [6.07, 6.45) is 3.44. The maximum atomic E-state index is 10.9. The van der Waals surface area contributed by atoms with Gasteiger partial charge >= 0.3 is 0 Å². The first kappa shape index (κ1) is 8.44. The number of rotatable bonds is 1. The van der Waals surface area contributed by atoms with Crippen LogP contribution in [0.4, 0.5) is 0 Å². The number of halogens is 1. The zero-order valence-electron chi connectivity index (χ0n) is 7.23. The molecule has 3 saturated carbocycles. The molecule has 13 heavy (non-hydrogen) atoms. The van der Waals surface area contributed by atoms with E-state index in [4.69, 9.17) is 0 Å². The van der Waals surface area contributed by atoms with Gasteiger partial charge in [0.25, 0.3) is 0 Å². The molecule has 3 aliphatic rings. The number of fused-ring (bicyclic) bond motifs is 1. The molecule has 0 aromatic rings. The van der Waals surface area contributed by atoms with Crippen molar-refractivity contribution in [3.63, 3.8) is 0 Å². The molecule has 6 atom stereocenters. The first-order chi connectivity index (χ1) is 6.18. The lowest BCUT2D eigenvalue weighted by Gasteiger charge is -2.22. The van der Waals surface area contributed by atoms with Gasteiger partial charge in [-0.3, -0.25) is 10.1 Å². The Hall–Kier alpha value is 0.130. The molecule has 0 spiro atoms. The van der Waals surface area contributed by atoms with Crippen LogP contribution in [-0.2, 0) is 0 Å². The Balaban J connectivity index is 1.95. The number of hydrogen-bond acceptors (Lipinski definition) is 2. The molecule has 72 valence electrons. The molecule has 0 aromatic heterocycles. The molecule has 0 aromatic carbocycles. The molecule has 3 aliphatic carbocycles. The third-order valence-corrected chi connectivity index (χ3v) is 6.21. The van der Waals surface area contributed by atoms with Gasteiger partial charge in [0.1, 0.15) is 0 Å². The lowest BCUT2D eigenvalue weighted by atomic mass is 9.88. The Morgan fingerprint density at radius 1 is 1.23 bits per heavy atom. The molecular formula is C9H12INO2. The van der Waals surface area contributed by atoms with Crippen molar-refractivity contribution in [1.82, 2.24) is 0 Å². The lowest BCUT2D eigenvalue weighted by Crippen LogP contribution is -2.31. The van der Waals surface area contributed by atoms with Crippen LogP contribution in [0.3, 0.4) is 0 Å². The predicted octanol–water partition coefficient (Wildman–Crippen LogP) is 2.11. The monoisotopic (exact) mass is 293 g/mol. The van der Waals surface area contributed by atoms with E-state index in [-0.39, 0.29) is 11.0 Å². The molecular weight excluding hydrogens is 281 g/mol. The molecule has 0 heterocycles. The lowest BCUT2D eigenvalue weighted by molar-refractivity contribution is -0.528. The van der Waals surface area contributed by atoms with Crippen molar-refractivity contribution in [2.45, 2.75) is 29.2 Å². The molecule has 3 rings (SSSR count). The van der Waals surface area contributed by atoms with Gasteiger partial charge in [0.2, 0.25) is 6.04 Å². The van der Waals surface area contributed by atoms with Gasteiger partial charge < -0.3 is 0 Å². The van der Waals surface area contributed by atoms with Crippen LogP contribution in [0.1, 0.15) is 19.3 Å². The van der Waals surface area contributed by atoms with Gasteiger partial charge in [0, 0.05) is 21.2 Å². The van der Waals surface area contributed by atoms with Crippen molar-refractivity contribution >= 4 is 22.6 Å². The van der Waals surface area contributed by atoms with Crippen molar-refractivity contribution in [2.75, 3.05) is 0 Å². The third-order valence-electron chi connectivity index (χ3n) is 4.36. The van der Waals surface area contributed by atoms with E-state index in [2.05, 4.69) is 22.6 Å². The molecule has 0 amide bonds. The summed E-state index contributed by atoms with van der Waals surface area (Å²) in [5.41, 5.74) is 0. The van der Waals surface area contributed by atoms with Crippen molar-refractivity contribution in [1.29, 1.82) is 0 Å². The molecule has 4 heteroatoms. The maximum absolute atomic E-state index is 10.9. The van der Waals surface area contributed by atoms with Crippen LogP contribution in [0.15, 0.2) is 0 Å². The molecule has 0 saturated heterocycles. The second-order valence-corrected chi connectivity index (χ2v) is 6.20. The van der Waals surface area contributed by atoms with Gasteiger partial charge in [0.15, 0.2) is 0 Å². The first-order valence-electron chi connectivity index (χ1n) is 4.96. The van der Waals surface area contributed by atoms with E-state index in [0.29, 0.717) is 21.7 Å². The van der Waals surface area contributed by atoms with Crippen LogP contribution in [0.25, 0.3) is 0 Å². The van der Waals surface area contributed by atoms with Crippen LogP contribution < -0.4 is 0 Å². The van der Waals surface area contributed by atoms with Gasteiger partial charge in [-0.25, -0.2) is 0 Å². The van der Waals surface area contributed by atoms with E-state index >= 15 is 0 Å². The topological polar surface area (TPSA) is 43.1 Å². The van der Waals surface area contributed by atoms with E-state index in [0.717, 1.165) is 12.3 Å². The third kappa shape index (κ3) is 0.954. The fourth-order valence-corrected chi connectivity index (χ4v) is 5.55. The Bertz CT molecular complexity index is 268. The highest BCUT2D eigenvalue weighted by atomic mass is 127. The molecule has 0 aliphatic heterocycles. The summed E-state index contributed by atoms with van der Waals surface area (Å²) in [5, 5.41) is 10.9. The molecule has 0 N–H and O–H groups in total. The SMILES string of the molecule is O=[N+]([O-])[C@H]1C[C@@H]2C[C@H]3C[C@@H]2[C@@H]1[C@@H]3I. The standard InChI is InChI=1S/C9H12INO2/c10-9-5-1-4-3-7(11(12)13)8(9)6(4)2-5/h4-9H,1-3H2/t4-,5-,6-,7-,8-,9+/m0/s1. The Morgan fingerprint density at radius 2 is 2.00 bits per heavy atom. The second-order valence-electron chi connectivity index (χ2n) is 4.77. The fourth-order valence-electron chi connectivity index (χ4n) is 3.95. The molecule has 3 fully saturated rings. The van der Waals surface area contributed by atoms with Crippen molar-refractivity contribution in [2.24, 2.45) is 23.7 Å². The highest BCUT2D eigenvalue weighted by Crippen LogP contribution is 2.62. The second kappa shape index (κ2) is 2.58. The summed E-state index contributed by atoms with van der Waals surface area (Å²) in [7, 11) is 0. The first-order valence-corrected chi connectivity index (χ1v) is 6.20. The molecule has 0 radical (unpaired) electrons. The molecule has 0 unspecified atom stereocenters. The number of nitro groups is 1. The highest BCUT2D eigenvalue weighted by molar-refractivity contribution is 14.1. The van der Waals surface area contributed by atoms with E-state index < -0.39 is 0 Å². The average Bonchev–Trinajstić information content (AvgIpc) is 2.60. The summed E-state index contributed by atoms with van der Waals surface area (Å²) in [4.78, 5) is 10.8. The summed E-state index contributed by atoms with van der Waals surface area (Å²) < 4.78 is 0.594. The Morgan fingerprint density at radius 3 is 2.62 bits per heavy atom. The molecule has 2 bridgehead atoms. The number of nitrogens with zero attached hydrogens (tertiary/aromatic N) is 1. The van der Waals surface area contributed by atoms with Crippen molar-refractivity contribution in [3.8, 4) is 0 Å². The number of alkyl halides is 1. The minimum Gasteiger partial charge on any atom is -0.264 e. The largest absolute Gasteiger partial charge is 0.264 e. The average molecular weight is 293 g/mol. The number of hydrogen-bond donors (Lipinski definition) is 0. The fraction of sp³-hybridized carbons (Fsp3) is 1.00. The summed E-state index contributed by atoms with van der Waals surface area (Å²) in [6.45, 7) is 0. The highest BCUT2D eigenvalue weighted by Gasteiger charge is 2.63. The van der Waals surface area contributed by atoms with Crippen molar-refractivity contribution < 1.29 is 4.92 Å². The van der Waals surface area contributed by atoms with Gasteiger partial charge in [-0.15, -0.1) is 0 Å². The zero-order chi connectivity index (χ0) is 9.16. The van der Waals surface area contributed by atoms with Crippen molar-refractivity contribution in [3.05, 3.63) is 10.1 Å². The summed E-state index contributed by atoms with van der Waals surface area (Å²) in [6, 6.07) is -0.204. The summed E-state index contributed by atoms with van der Waals surface area (Å²) >= 11 is 2.46. The van der Waals surface area contributed by atoms with Gasteiger partial charge in [-0.2, -0.15) is 0 Å². The van der Waals surface area contributed by atoms with E-state index in [1.54, 1.807) is 0 Å². The quantitative estimate of drug-likeness (QED) is 0.322. The van der Waals surface area contributed by atoms with E-state index in [1.807, 2.05) is 0 Å². The van der Waals surface area contributed by atoms with Gasteiger partial charge in [-0.05, 0) is 30.6 Å². The van der Waals surface area contributed by atoms with E-state index in [9.17, 15) is 10.1 Å². The van der Waals surface area contributed by atoms with Crippen LogP contribution in [0.2, 0.25) is 0 Å². The minimum absolute atomic E-state index is 0.0168. The van der Waals surface area contributed by atoms with Crippen LogP contribution in [-0.4, -0.2) is 14.9 Å².